The van der Waals surface area contributed by atoms with Crippen LogP contribution >= 0.6 is 11.8 Å². The molecule has 2 aromatic rings. The van der Waals surface area contributed by atoms with E-state index in [9.17, 15) is 14.4 Å². The fourth-order valence-corrected chi connectivity index (χ4v) is 3.76. The number of imide groups is 1. The number of aromatic nitrogens is 1. The second-order valence-corrected chi connectivity index (χ2v) is 7.33. The Bertz CT molecular complexity index is 814. The molecule has 1 aromatic heterocycles. The number of amides is 3. The fourth-order valence-electron chi connectivity index (χ4n) is 2.90. The SMILES string of the molecule is CN(C(=O)CSCc1ccccn1)C1CC(=O)N(Cc2ccccc2)C1=O. The highest BCUT2D eigenvalue weighted by Gasteiger charge is 2.42. The molecule has 0 radical (unpaired) electrons. The number of nitrogens with zero attached hydrogens (tertiary/aromatic N) is 3. The lowest BCUT2D eigenvalue weighted by atomic mass is 10.2. The van der Waals surface area contributed by atoms with Crippen molar-refractivity contribution in [2.75, 3.05) is 12.8 Å². The molecular weight excluding hydrogens is 362 g/mol. The molecule has 3 rings (SSSR count). The van der Waals surface area contributed by atoms with Gasteiger partial charge < -0.3 is 4.90 Å². The Morgan fingerprint density at radius 1 is 1.19 bits per heavy atom. The maximum atomic E-state index is 12.7. The zero-order valence-corrected chi connectivity index (χ0v) is 15.9. The summed E-state index contributed by atoms with van der Waals surface area (Å²) in [5.41, 5.74) is 1.79. The number of likely N-dealkylation sites (N-methyl/N-ethyl adjacent to an activating group) is 1. The van der Waals surface area contributed by atoms with Crippen LogP contribution in [0.4, 0.5) is 0 Å². The molecular formula is C20H21N3O3S. The van der Waals surface area contributed by atoms with E-state index in [1.165, 1.54) is 21.6 Å². The van der Waals surface area contributed by atoms with Crippen molar-refractivity contribution >= 4 is 29.5 Å². The van der Waals surface area contributed by atoms with Gasteiger partial charge in [-0.1, -0.05) is 36.4 Å². The Kier molecular flexibility index (Phi) is 6.24. The second kappa shape index (κ2) is 8.81. The van der Waals surface area contributed by atoms with Gasteiger partial charge in [0.2, 0.25) is 11.8 Å². The van der Waals surface area contributed by atoms with Gasteiger partial charge in [-0.05, 0) is 17.7 Å². The van der Waals surface area contributed by atoms with E-state index < -0.39 is 6.04 Å². The number of hydrogen-bond donors (Lipinski definition) is 0. The first kappa shape index (κ1) is 19.1. The lowest BCUT2D eigenvalue weighted by Gasteiger charge is -2.23. The molecule has 27 heavy (non-hydrogen) atoms. The number of rotatable bonds is 7. The van der Waals surface area contributed by atoms with Gasteiger partial charge in [0, 0.05) is 19.0 Å². The quantitative estimate of drug-likeness (QED) is 0.685. The Hall–Kier alpha value is -2.67. The maximum Gasteiger partial charge on any atom is 0.252 e. The summed E-state index contributed by atoms with van der Waals surface area (Å²) in [5, 5.41) is 0. The fraction of sp³-hybridized carbons (Fsp3) is 0.300. The van der Waals surface area contributed by atoms with Crippen LogP contribution in [0.3, 0.4) is 0 Å². The van der Waals surface area contributed by atoms with Crippen LogP contribution in [-0.4, -0.2) is 51.3 Å². The molecule has 0 N–H and O–H groups in total. The molecule has 1 aliphatic rings. The minimum Gasteiger partial charge on any atom is -0.332 e. The van der Waals surface area contributed by atoms with E-state index in [2.05, 4.69) is 4.98 Å². The number of carbonyl (C=O) groups is 3. The van der Waals surface area contributed by atoms with E-state index in [0.29, 0.717) is 5.75 Å². The van der Waals surface area contributed by atoms with E-state index >= 15 is 0 Å². The van der Waals surface area contributed by atoms with Gasteiger partial charge in [-0.25, -0.2) is 0 Å². The van der Waals surface area contributed by atoms with E-state index in [1.807, 2.05) is 48.5 Å². The average molecular weight is 383 g/mol. The van der Waals surface area contributed by atoms with Crippen molar-refractivity contribution in [1.82, 2.24) is 14.8 Å². The topological polar surface area (TPSA) is 70.6 Å². The predicted molar refractivity (Wildman–Crippen MR) is 104 cm³/mol. The van der Waals surface area contributed by atoms with Crippen molar-refractivity contribution in [2.24, 2.45) is 0 Å². The number of benzene rings is 1. The summed E-state index contributed by atoms with van der Waals surface area (Å²) in [7, 11) is 1.59. The van der Waals surface area contributed by atoms with Crippen LogP contribution in [0, 0.1) is 0 Å². The molecule has 1 aromatic carbocycles. The third-order valence-electron chi connectivity index (χ3n) is 4.47. The summed E-state index contributed by atoms with van der Waals surface area (Å²) in [5.74, 6) is 0.148. The van der Waals surface area contributed by atoms with Crippen molar-refractivity contribution in [1.29, 1.82) is 0 Å². The highest BCUT2D eigenvalue weighted by molar-refractivity contribution is 7.99. The molecule has 3 amide bonds. The molecule has 0 bridgehead atoms. The van der Waals surface area contributed by atoms with Gasteiger partial charge in [-0.2, -0.15) is 0 Å². The van der Waals surface area contributed by atoms with Crippen LogP contribution < -0.4 is 0 Å². The van der Waals surface area contributed by atoms with Gasteiger partial charge in [0.1, 0.15) is 6.04 Å². The molecule has 0 spiro atoms. The van der Waals surface area contributed by atoms with E-state index in [4.69, 9.17) is 0 Å². The summed E-state index contributed by atoms with van der Waals surface area (Å²) < 4.78 is 0. The number of hydrogen-bond acceptors (Lipinski definition) is 5. The standard InChI is InChI=1S/C20H21N3O3S/c1-22(19(25)14-27-13-16-9-5-6-10-21-16)17-11-18(24)23(20(17)26)12-15-7-3-2-4-8-15/h2-10,17H,11-14H2,1H3. The maximum absolute atomic E-state index is 12.7. The highest BCUT2D eigenvalue weighted by atomic mass is 32.2. The van der Waals surface area contributed by atoms with Gasteiger partial charge in [-0.3, -0.25) is 24.3 Å². The van der Waals surface area contributed by atoms with Gasteiger partial charge in [0.25, 0.3) is 5.91 Å². The van der Waals surface area contributed by atoms with E-state index in [0.717, 1.165) is 11.3 Å². The highest BCUT2D eigenvalue weighted by Crippen LogP contribution is 2.21. The zero-order valence-electron chi connectivity index (χ0n) is 15.1. The minimum atomic E-state index is -0.718. The average Bonchev–Trinajstić information content (AvgIpc) is 2.97. The van der Waals surface area contributed by atoms with Gasteiger partial charge in [-0.15, -0.1) is 11.8 Å². The summed E-state index contributed by atoms with van der Waals surface area (Å²) >= 11 is 1.44. The van der Waals surface area contributed by atoms with Crippen LogP contribution in [0.25, 0.3) is 0 Å². The van der Waals surface area contributed by atoms with E-state index in [-0.39, 0.29) is 36.4 Å². The van der Waals surface area contributed by atoms with Crippen molar-refractivity contribution in [3.63, 3.8) is 0 Å². The van der Waals surface area contributed by atoms with Crippen LogP contribution in [0.5, 0.6) is 0 Å². The van der Waals surface area contributed by atoms with Crippen molar-refractivity contribution in [3.8, 4) is 0 Å². The molecule has 1 fully saturated rings. The van der Waals surface area contributed by atoms with Gasteiger partial charge >= 0.3 is 0 Å². The smallest absolute Gasteiger partial charge is 0.252 e. The molecule has 6 nitrogen and oxygen atoms in total. The minimum absolute atomic E-state index is 0.0405. The van der Waals surface area contributed by atoms with Gasteiger partial charge in [0.15, 0.2) is 0 Å². The van der Waals surface area contributed by atoms with Crippen LogP contribution in [-0.2, 0) is 26.7 Å². The van der Waals surface area contributed by atoms with Gasteiger partial charge in [0.05, 0.1) is 24.4 Å². The van der Waals surface area contributed by atoms with Crippen molar-refractivity contribution in [3.05, 3.63) is 66.0 Å². The summed E-state index contributed by atoms with van der Waals surface area (Å²) in [6.07, 6.45) is 1.76. The Morgan fingerprint density at radius 2 is 1.93 bits per heavy atom. The Labute approximate surface area is 162 Å². The number of thioether (sulfide) groups is 1. The number of likely N-dealkylation sites (tertiary alicyclic amines) is 1. The van der Waals surface area contributed by atoms with Crippen LogP contribution in [0.1, 0.15) is 17.7 Å². The molecule has 1 atom stereocenters. The van der Waals surface area contributed by atoms with Crippen LogP contribution in [0.2, 0.25) is 0 Å². The summed E-state index contributed by atoms with van der Waals surface area (Å²) in [6, 6.07) is 14.3. The number of carbonyl (C=O) groups excluding carboxylic acids is 3. The molecule has 7 heteroatoms. The molecule has 1 aliphatic heterocycles. The first-order valence-electron chi connectivity index (χ1n) is 8.67. The molecule has 0 saturated carbocycles. The van der Waals surface area contributed by atoms with Crippen molar-refractivity contribution < 1.29 is 14.4 Å². The zero-order chi connectivity index (χ0) is 19.2. The number of pyridine rings is 1. The monoisotopic (exact) mass is 383 g/mol. The van der Waals surface area contributed by atoms with Crippen LogP contribution in [0.15, 0.2) is 54.7 Å². The lowest BCUT2D eigenvalue weighted by Crippen LogP contribution is -2.43. The predicted octanol–water partition coefficient (Wildman–Crippen LogP) is 2.10. The third kappa shape index (κ3) is 4.74. The molecule has 2 heterocycles. The van der Waals surface area contributed by atoms with Crippen molar-refractivity contribution in [2.45, 2.75) is 24.8 Å². The molecule has 0 aliphatic carbocycles. The molecule has 140 valence electrons. The first-order valence-corrected chi connectivity index (χ1v) is 9.83. The second-order valence-electron chi connectivity index (χ2n) is 6.34. The normalized spacial score (nSPS) is 16.6. The summed E-state index contributed by atoms with van der Waals surface area (Å²) in [6.45, 7) is 0.242. The Balaban J connectivity index is 1.54. The molecule has 1 saturated heterocycles. The Morgan fingerprint density at radius 3 is 2.63 bits per heavy atom. The van der Waals surface area contributed by atoms with E-state index in [1.54, 1.807) is 13.2 Å². The summed E-state index contributed by atoms with van der Waals surface area (Å²) in [4.78, 5) is 44.2. The largest absolute Gasteiger partial charge is 0.332 e. The molecule has 1 unspecified atom stereocenters. The first-order chi connectivity index (χ1) is 13.1. The lowest BCUT2D eigenvalue weighted by molar-refractivity contribution is -0.143. The third-order valence-corrected chi connectivity index (χ3v) is 5.42.